The van der Waals surface area contributed by atoms with Gasteiger partial charge in [-0.1, -0.05) is 134 Å². The van der Waals surface area contributed by atoms with Crippen LogP contribution in [-0.2, 0) is 41.3 Å². The first kappa shape index (κ1) is 72.5. The summed E-state index contributed by atoms with van der Waals surface area (Å²) in [5.41, 5.74) is 19.8. The maximum absolute atomic E-state index is 14.0. The third-order valence-electron chi connectivity index (χ3n) is 18.1. The van der Waals surface area contributed by atoms with Gasteiger partial charge in [-0.05, 0) is 126 Å². The fraction of sp³-hybridized carbons (Fsp3) is 0.364. The third-order valence-corrected chi connectivity index (χ3v) is 18.1. The molecule has 1 unspecified atom stereocenters. The fourth-order valence-corrected chi connectivity index (χ4v) is 13.1. The summed E-state index contributed by atoms with van der Waals surface area (Å²) in [4.78, 5) is 67.1. The number of nitrogens with one attached hydrogen (secondary N) is 3. The molecule has 4 heterocycles. The van der Waals surface area contributed by atoms with E-state index in [1.807, 2.05) is 86.6 Å². The number of methoxy groups -OCH3 is 1. The van der Waals surface area contributed by atoms with Crippen molar-refractivity contribution in [1.29, 1.82) is 0 Å². The molecule has 0 fully saturated rings. The Bertz CT molecular complexity index is 4180. The first-order chi connectivity index (χ1) is 47.5. The van der Waals surface area contributed by atoms with E-state index < -0.39 is 30.7 Å². The van der Waals surface area contributed by atoms with Crippen molar-refractivity contribution < 1.29 is 97.7 Å². The maximum atomic E-state index is 14.0. The van der Waals surface area contributed by atoms with Gasteiger partial charge in [-0.15, -0.1) is 11.0 Å². The molecule has 6 bridgehead atoms. The molecule has 7 aromatic rings. The first-order valence-corrected chi connectivity index (χ1v) is 33.5. The van der Waals surface area contributed by atoms with Gasteiger partial charge in [0.25, 0.3) is 5.91 Å². The number of aryl methyl sites for hydroxylation is 2. The number of aliphatic hydroxyl groups is 2. The van der Waals surface area contributed by atoms with Gasteiger partial charge in [-0.3, -0.25) is 14.8 Å². The molecule has 0 saturated heterocycles. The Hall–Kier alpha value is -8.25. The summed E-state index contributed by atoms with van der Waals surface area (Å²) in [6, 6.07) is 39.1. The smallest absolute Gasteiger partial charge is 0.407 e. The van der Waals surface area contributed by atoms with Crippen LogP contribution in [0.4, 0.5) is 9.59 Å². The van der Waals surface area contributed by atoms with E-state index in [4.69, 9.17) is 58.1 Å². The number of aliphatic hydroxyl groups excluding tert-OH is 2. The van der Waals surface area contributed by atoms with Crippen LogP contribution in [0.15, 0.2) is 134 Å². The summed E-state index contributed by atoms with van der Waals surface area (Å²) in [5.74, 6) is -0.389. The van der Waals surface area contributed by atoms with E-state index in [1.165, 1.54) is 0 Å². The quantitative estimate of drug-likeness (QED) is 0.0253. The van der Waals surface area contributed by atoms with Crippen LogP contribution in [-0.4, -0.2) is 147 Å². The average molecular weight is 1470 g/mol. The van der Waals surface area contributed by atoms with Crippen LogP contribution in [0.5, 0.6) is 11.5 Å². The van der Waals surface area contributed by atoms with E-state index in [1.54, 1.807) is 31.6 Å². The van der Waals surface area contributed by atoms with Crippen molar-refractivity contribution >= 4 is 62.5 Å². The Kier molecular flexibility index (Phi) is 26.3. The number of hydrogen-bond acceptors (Lipinski definition) is 16. The van der Waals surface area contributed by atoms with Crippen molar-refractivity contribution in [3.8, 4) is 33.8 Å². The number of nitrogens with zero attached hydrogens (tertiary/aromatic N) is 5. The molecular weight excluding hydrogens is 1390 g/mol. The Morgan fingerprint density at radius 3 is 1.48 bits per heavy atom. The second-order valence-corrected chi connectivity index (χ2v) is 24.1. The van der Waals surface area contributed by atoms with E-state index in [0.717, 1.165) is 113 Å². The zero-order valence-corrected chi connectivity index (χ0v) is 58.4. The average Bonchev–Trinajstić information content (AvgIpc) is 1.62. The number of hydrogen-bond donors (Lipinski definition) is 5. The van der Waals surface area contributed by atoms with Gasteiger partial charge in [-0.2, -0.15) is 0 Å². The number of ether oxygens (including phenoxy) is 7. The predicted octanol–water partition coefficient (Wildman–Crippen LogP) is 11.9. The summed E-state index contributed by atoms with van der Waals surface area (Å²) >= 11 is 0. The summed E-state index contributed by atoms with van der Waals surface area (Å²) in [6.45, 7) is 9.87. The minimum Gasteiger partial charge on any atom is -0.657 e. The van der Waals surface area contributed by atoms with Crippen molar-refractivity contribution in [2.45, 2.75) is 90.5 Å². The Balaban J connectivity index is 0.0000104. The van der Waals surface area contributed by atoms with Crippen molar-refractivity contribution in [2.24, 2.45) is 0 Å². The summed E-state index contributed by atoms with van der Waals surface area (Å²) in [7, 11) is 1.61. The van der Waals surface area contributed by atoms with Crippen molar-refractivity contribution in [1.82, 2.24) is 40.9 Å². The van der Waals surface area contributed by atoms with Gasteiger partial charge in [0, 0.05) is 97.3 Å². The fourth-order valence-electron chi connectivity index (χ4n) is 13.1. The van der Waals surface area contributed by atoms with Crippen LogP contribution >= 0.6 is 0 Å². The largest absolute Gasteiger partial charge is 0.657 e. The number of carbonyl (C=O) groups excluding carboxylic acids is 3. The predicted molar refractivity (Wildman–Crippen MR) is 374 cm³/mol. The molecule has 0 spiro atoms. The summed E-state index contributed by atoms with van der Waals surface area (Å²) in [5, 5.41) is 28.8. The van der Waals surface area contributed by atoms with E-state index in [2.05, 4.69) is 66.2 Å². The SMILES string of the molecule is CCc1c(CC)c2cc3nc(cnc4cc(OCC(=O)NCCC(CNC(=O)OCC5c6ccccc6-c6ccccc65)NC(=O)OCC5c6ccccc6-c6ccccc65)c(OCCOCCOCCOC)cc4ncc4nc(cc1[n-]2)C(CCCO)=C4C)C(C)=C3CCCO.[Gd]. The summed E-state index contributed by atoms with van der Waals surface area (Å²) < 4.78 is 41.2. The molecule has 11 rings (SSSR count). The second-order valence-electron chi connectivity index (χ2n) is 24.1. The van der Waals surface area contributed by atoms with Crippen molar-refractivity contribution in [2.75, 3.05) is 92.9 Å². The zero-order valence-electron chi connectivity index (χ0n) is 56.1. The molecule has 98 heavy (non-hydrogen) atoms. The van der Waals surface area contributed by atoms with Crippen molar-refractivity contribution in [3.05, 3.63) is 190 Å². The Morgan fingerprint density at radius 1 is 0.561 bits per heavy atom. The molecule has 20 nitrogen and oxygen atoms in total. The summed E-state index contributed by atoms with van der Waals surface area (Å²) in [6.07, 6.45) is 5.93. The van der Waals surface area contributed by atoms with Gasteiger partial charge in [0.15, 0.2) is 18.1 Å². The topological polar surface area (TPSA) is 258 Å². The third kappa shape index (κ3) is 17.4. The molecule has 5 N–H and O–H groups in total. The molecule has 514 valence electrons. The standard InChI is InChI=1S/C77H86N8O12.Gd/c1-6-51-52(7-2)66-39-68-54(27-17-31-87)49(4)72(85-68)44-80-70-41-74(73(94-37-36-93-35-34-92-33-32-91-5)40-69(70)79-43-71-48(3)53(26-16-30-86)67(84-71)38-65(51)83-66)95-47-75(88)78-29-28-50(82-77(90)97-46-64-61-24-14-10-20-57(61)58-21-11-15-25-62(58)64)42-81-76(89)96-45-63-59-22-12-8-18-55(59)56-19-9-13-23-60(56)63;/h8-15,18-25,38-41,43-44,50,63-64,86-87H,6-7,16-17,26-37,42,45-47H2,1-5H3,(H4,78,79,80,81,82,83,84,85,88,89,90);/p-1. The number of rotatable bonds is 31. The molecule has 2 aromatic heterocycles. The van der Waals surface area contributed by atoms with Gasteiger partial charge in [0.2, 0.25) is 0 Å². The second kappa shape index (κ2) is 35.5. The van der Waals surface area contributed by atoms with Crippen LogP contribution in [0, 0.1) is 39.9 Å². The molecule has 5 aromatic carbocycles. The molecule has 1 atom stereocenters. The van der Waals surface area contributed by atoms with Crippen molar-refractivity contribution in [3.63, 3.8) is 0 Å². The number of alkyl carbamates (subject to hydrolysis) is 2. The van der Waals surface area contributed by atoms with Crippen LogP contribution in [0.2, 0.25) is 0 Å². The molecular formula is C77H85GdN8O12-. The van der Waals surface area contributed by atoms with Gasteiger partial charge < -0.3 is 64.3 Å². The van der Waals surface area contributed by atoms with Gasteiger partial charge in [0.1, 0.15) is 19.8 Å². The van der Waals surface area contributed by atoms with E-state index >= 15 is 0 Å². The molecule has 4 aliphatic rings. The number of allylic oxidation sites excluding steroid dienone is 4. The number of benzene rings is 5. The van der Waals surface area contributed by atoms with E-state index in [-0.39, 0.29) is 122 Å². The van der Waals surface area contributed by atoms with Gasteiger partial charge in [0.05, 0.1) is 85.3 Å². The molecule has 2 aliphatic heterocycles. The molecule has 21 heteroatoms. The Labute approximate surface area is 603 Å². The maximum Gasteiger partial charge on any atom is 0.407 e. The van der Waals surface area contributed by atoms with Crippen LogP contribution in [0.25, 0.3) is 66.6 Å². The normalized spacial score (nSPS) is 13.2. The minimum atomic E-state index is -0.718. The monoisotopic (exact) mass is 1470 g/mol. The number of aromatic nitrogens is 5. The zero-order chi connectivity index (χ0) is 67.6. The molecule has 0 radical (unpaired) electrons. The van der Waals surface area contributed by atoms with E-state index in [0.29, 0.717) is 74.5 Å². The number of amides is 3. The van der Waals surface area contributed by atoms with E-state index in [9.17, 15) is 24.6 Å². The van der Waals surface area contributed by atoms with Crippen LogP contribution in [0.1, 0.15) is 128 Å². The van der Waals surface area contributed by atoms with Crippen LogP contribution in [0.3, 0.4) is 0 Å². The molecule has 2 aliphatic carbocycles. The number of fused-ring (bicyclic) bond motifs is 13. The molecule has 3 amide bonds. The Morgan fingerprint density at radius 2 is 1.01 bits per heavy atom. The first-order valence-electron chi connectivity index (χ1n) is 33.5. The molecule has 0 saturated carbocycles. The minimum absolute atomic E-state index is 0. The van der Waals surface area contributed by atoms with Gasteiger partial charge in [-0.25, -0.2) is 19.6 Å². The van der Waals surface area contributed by atoms with Gasteiger partial charge >= 0.3 is 12.2 Å². The van der Waals surface area contributed by atoms with Crippen LogP contribution < -0.4 is 30.4 Å². The number of carbonyl (C=O) groups is 3.